The molecule has 0 aromatic heterocycles. The number of benzene rings is 2. The Morgan fingerprint density at radius 1 is 0.762 bits per heavy atom. The third-order valence-electron chi connectivity index (χ3n) is 2.34. The molecule has 0 unspecified atom stereocenters. The molecule has 0 atom stereocenters. The Kier molecular flexibility index (Phi) is 13.9. The molecule has 0 saturated heterocycles. The highest BCUT2D eigenvalue weighted by Gasteiger charge is 2.12. The highest BCUT2D eigenvalue weighted by molar-refractivity contribution is 6.15. The van der Waals surface area contributed by atoms with Crippen molar-refractivity contribution in [1.29, 1.82) is 0 Å². The van der Waals surface area contributed by atoms with Crippen LogP contribution in [-0.4, -0.2) is 24.1 Å². The number of nitrogens with zero attached hydrogens (tertiary/aromatic N) is 1. The summed E-state index contributed by atoms with van der Waals surface area (Å²) in [6, 6.07) is 19.3. The number of carbonyl (C=O) groups is 1. The molecule has 2 aromatic rings. The fraction of sp³-hybridized carbons (Fsp3) is 0.188. The number of halogens is 2. The minimum Gasteiger partial charge on any atom is -0.412 e. The molecule has 0 spiro atoms. The molecule has 1 amide bonds. The van der Waals surface area contributed by atoms with E-state index in [1.807, 2.05) is 60.7 Å². The first-order chi connectivity index (χ1) is 9.79. The van der Waals surface area contributed by atoms with Gasteiger partial charge in [-0.1, -0.05) is 36.4 Å². The van der Waals surface area contributed by atoms with Crippen LogP contribution < -0.4 is 4.90 Å². The quantitative estimate of drug-likeness (QED) is 0.759. The maximum Gasteiger partial charge on any atom is 0.228 e. The van der Waals surface area contributed by atoms with Crippen LogP contribution in [0, 0.1) is 0 Å². The Balaban J connectivity index is 0. The molecule has 0 bridgehead atoms. The van der Waals surface area contributed by atoms with E-state index in [4.69, 9.17) is 0 Å². The summed E-state index contributed by atoms with van der Waals surface area (Å²) < 4.78 is 0. The Labute approximate surface area is 136 Å². The number of amides is 1. The summed E-state index contributed by atoms with van der Waals surface area (Å²) in [7, 11) is 0. The summed E-state index contributed by atoms with van der Waals surface area (Å²) in [5.41, 5.74) is 1.78. The van der Waals surface area contributed by atoms with Crippen molar-refractivity contribution < 1.29 is 10.3 Å². The van der Waals surface area contributed by atoms with Crippen LogP contribution in [0.2, 0.25) is 0 Å². The fourth-order valence-corrected chi connectivity index (χ4v) is 1.67. The van der Waals surface area contributed by atoms with E-state index in [1.165, 1.54) is 12.8 Å². The lowest BCUT2D eigenvalue weighted by molar-refractivity contribution is -0.115. The molecule has 5 heteroatoms. The van der Waals surface area contributed by atoms with Crippen molar-refractivity contribution in [2.45, 2.75) is 6.92 Å². The predicted molar refractivity (Wildman–Crippen MR) is 92.9 cm³/mol. The van der Waals surface area contributed by atoms with Gasteiger partial charge in [0.15, 0.2) is 0 Å². The van der Waals surface area contributed by atoms with Crippen molar-refractivity contribution in [2.75, 3.05) is 17.7 Å². The zero-order valence-electron chi connectivity index (χ0n) is 12.4. The van der Waals surface area contributed by atoms with Crippen LogP contribution in [0.3, 0.4) is 0 Å². The lowest BCUT2D eigenvalue weighted by Crippen LogP contribution is -2.22. The Morgan fingerprint density at radius 2 is 1.05 bits per heavy atom. The minimum atomic E-state index is 0. The molecule has 0 aliphatic carbocycles. The molecule has 0 heterocycles. The maximum absolute atomic E-state index is 11.7. The Hall–Kier alpha value is -1.55. The largest absolute Gasteiger partial charge is 0.412 e. The van der Waals surface area contributed by atoms with Crippen LogP contribution in [0.4, 0.5) is 11.4 Å². The number of hydrogen-bond acceptors (Lipinski definition) is 1. The number of para-hydroxylation sites is 2. The van der Waals surface area contributed by atoms with Gasteiger partial charge in [0, 0.05) is 31.1 Å². The summed E-state index contributed by atoms with van der Waals surface area (Å²) in [4.78, 5) is 13.4. The average Bonchev–Trinajstić information content (AvgIpc) is 2.53. The minimum absolute atomic E-state index is 0. The van der Waals surface area contributed by atoms with Crippen molar-refractivity contribution in [1.82, 2.24) is 0 Å². The summed E-state index contributed by atoms with van der Waals surface area (Å²) in [6.07, 6.45) is 2.94. The van der Waals surface area contributed by atoms with Crippen molar-refractivity contribution in [2.24, 2.45) is 0 Å². The molecule has 21 heavy (non-hydrogen) atoms. The van der Waals surface area contributed by atoms with Gasteiger partial charge >= 0.3 is 0 Å². The Morgan fingerprint density at radius 3 is 1.29 bits per heavy atom. The summed E-state index contributed by atoms with van der Waals surface area (Å²) in [6.45, 7) is 1.57. The summed E-state index contributed by atoms with van der Waals surface area (Å²) in [5, 5.41) is 0. The molecule has 0 fully saturated rings. The number of hydrogen-bond donors (Lipinski definition) is 0. The van der Waals surface area contributed by atoms with Gasteiger partial charge < -0.3 is 5.48 Å². The zero-order valence-corrected chi connectivity index (χ0v) is 13.9. The van der Waals surface area contributed by atoms with Gasteiger partial charge in [-0.05, 0) is 24.3 Å². The Bertz CT molecular complexity index is 439. The highest BCUT2D eigenvalue weighted by Crippen LogP contribution is 2.24. The smallest absolute Gasteiger partial charge is 0.228 e. The molecule has 0 aliphatic rings. The first-order valence-corrected chi connectivity index (χ1v) is 7.46. The van der Waals surface area contributed by atoms with E-state index in [0.29, 0.717) is 0 Å². The lowest BCUT2D eigenvalue weighted by atomic mass is 10.2. The van der Waals surface area contributed by atoms with Gasteiger partial charge in [0.05, 0.1) is 0 Å². The summed E-state index contributed by atoms with van der Waals surface area (Å²) >= 11 is 9.28. The van der Waals surface area contributed by atoms with Crippen LogP contribution in [0.25, 0.3) is 0 Å². The van der Waals surface area contributed by atoms with E-state index in [2.05, 4.69) is 23.2 Å². The van der Waals surface area contributed by atoms with E-state index in [0.717, 1.165) is 11.4 Å². The highest BCUT2D eigenvalue weighted by atomic mass is 35.5. The SMILES string of the molecule is CC(=O)N(c1ccccc1)c1ccccc1.CCl.CCl.O. The molecule has 2 rings (SSSR count). The number of rotatable bonds is 2. The van der Waals surface area contributed by atoms with E-state index in [9.17, 15) is 4.79 Å². The second-order valence-electron chi connectivity index (χ2n) is 3.53. The number of carbonyl (C=O) groups excluding carboxylic acids is 1. The van der Waals surface area contributed by atoms with Crippen LogP contribution in [0.1, 0.15) is 6.92 Å². The molecule has 0 saturated carbocycles. The van der Waals surface area contributed by atoms with Gasteiger partial charge in [0.1, 0.15) is 0 Å². The monoisotopic (exact) mass is 329 g/mol. The van der Waals surface area contributed by atoms with Crippen molar-refractivity contribution in [3.8, 4) is 0 Å². The first-order valence-electron chi connectivity index (χ1n) is 5.95. The molecule has 0 radical (unpaired) electrons. The van der Waals surface area contributed by atoms with Gasteiger partial charge in [-0.15, -0.1) is 23.2 Å². The topological polar surface area (TPSA) is 51.8 Å². The third-order valence-corrected chi connectivity index (χ3v) is 2.34. The predicted octanol–water partition coefficient (Wildman–Crippen LogP) is 4.26. The van der Waals surface area contributed by atoms with Crippen LogP contribution in [0.15, 0.2) is 60.7 Å². The third kappa shape index (κ3) is 7.14. The van der Waals surface area contributed by atoms with Gasteiger partial charge in [-0.3, -0.25) is 9.69 Å². The zero-order chi connectivity index (χ0) is 15.4. The maximum atomic E-state index is 11.7. The summed E-state index contributed by atoms with van der Waals surface area (Å²) in [5.74, 6) is 0.0115. The van der Waals surface area contributed by atoms with Crippen molar-refractivity contribution in [3.63, 3.8) is 0 Å². The standard InChI is InChI=1S/C14H13NO.2CH3Cl.H2O/c1-12(16)15(13-8-4-2-5-9-13)14-10-6-3-7-11-14;2*1-2;/h2-11H,1H3;2*1H3;1H2. The second kappa shape index (κ2) is 13.4. The molecule has 3 nitrogen and oxygen atoms in total. The van der Waals surface area contributed by atoms with E-state index < -0.39 is 0 Å². The van der Waals surface area contributed by atoms with Gasteiger partial charge in [-0.2, -0.15) is 0 Å². The number of anilines is 2. The van der Waals surface area contributed by atoms with E-state index >= 15 is 0 Å². The second-order valence-corrected chi connectivity index (χ2v) is 3.53. The first kappa shape index (κ1) is 21.7. The molecule has 116 valence electrons. The molecule has 2 aromatic carbocycles. The van der Waals surface area contributed by atoms with Crippen LogP contribution in [-0.2, 0) is 4.79 Å². The van der Waals surface area contributed by atoms with Gasteiger partial charge in [0.25, 0.3) is 0 Å². The lowest BCUT2D eigenvalue weighted by Gasteiger charge is -2.21. The molecule has 2 N–H and O–H groups in total. The fourth-order valence-electron chi connectivity index (χ4n) is 1.67. The average molecular weight is 330 g/mol. The van der Waals surface area contributed by atoms with E-state index in [-0.39, 0.29) is 11.4 Å². The van der Waals surface area contributed by atoms with Crippen LogP contribution >= 0.6 is 23.2 Å². The van der Waals surface area contributed by atoms with Gasteiger partial charge in [0.2, 0.25) is 5.91 Å². The van der Waals surface area contributed by atoms with Crippen LogP contribution in [0.5, 0.6) is 0 Å². The number of alkyl halides is 2. The normalized spacial score (nSPS) is 8.05. The molecule has 0 aliphatic heterocycles. The van der Waals surface area contributed by atoms with Crippen molar-refractivity contribution in [3.05, 3.63) is 60.7 Å². The molecular weight excluding hydrogens is 309 g/mol. The van der Waals surface area contributed by atoms with E-state index in [1.54, 1.807) is 11.8 Å². The van der Waals surface area contributed by atoms with Crippen molar-refractivity contribution >= 4 is 40.5 Å². The van der Waals surface area contributed by atoms with Gasteiger partial charge in [-0.25, -0.2) is 0 Å². The molecular formula is C16H21Cl2NO2.